The average molecular weight is 248 g/mol. The highest BCUT2D eigenvalue weighted by Crippen LogP contribution is 2.15. The van der Waals surface area contributed by atoms with Crippen LogP contribution in [0.4, 0.5) is 0 Å². The predicted octanol–water partition coefficient (Wildman–Crippen LogP) is 3.03. The summed E-state index contributed by atoms with van der Waals surface area (Å²) in [4.78, 5) is 9.03. The zero-order valence-corrected chi connectivity index (χ0v) is 11.3. The topological polar surface area (TPSA) is 54.0 Å². The minimum Gasteiger partial charge on any atom is -0.273 e. The van der Waals surface area contributed by atoms with Gasteiger partial charge in [0.2, 0.25) is 0 Å². The summed E-state index contributed by atoms with van der Waals surface area (Å²) in [6.07, 6.45) is 9.46. The van der Waals surface area contributed by atoms with Gasteiger partial charge in [-0.05, 0) is 6.42 Å². The Morgan fingerprint density at radius 1 is 1.33 bits per heavy atom. The molecule has 1 unspecified atom stereocenters. The van der Waals surface area contributed by atoms with E-state index in [2.05, 4.69) is 30.1 Å². The molecule has 1 aliphatic rings. The maximum absolute atomic E-state index is 6.07. The van der Waals surface area contributed by atoms with Crippen molar-refractivity contribution < 1.29 is 0 Å². The fraction of sp³-hybridized carbons (Fsp3) is 0.571. The Bertz CT molecular complexity index is 344. The molecule has 18 heavy (non-hydrogen) atoms. The molecule has 100 valence electrons. The van der Waals surface area contributed by atoms with Gasteiger partial charge in [-0.1, -0.05) is 31.9 Å². The molecule has 0 aromatic heterocycles. The molecule has 4 heteroatoms. The summed E-state index contributed by atoms with van der Waals surface area (Å²) in [7, 11) is 0. The van der Waals surface area contributed by atoms with E-state index in [-0.39, 0.29) is 6.17 Å². The van der Waals surface area contributed by atoms with Gasteiger partial charge in [0.25, 0.3) is 0 Å². The van der Waals surface area contributed by atoms with Crippen molar-refractivity contribution in [1.82, 2.24) is 5.01 Å². The number of hydrogen-bond donors (Lipinski definition) is 1. The second-order valence-corrected chi connectivity index (χ2v) is 4.44. The molecule has 0 bridgehead atoms. The van der Waals surface area contributed by atoms with Crippen LogP contribution in [0.1, 0.15) is 45.4 Å². The summed E-state index contributed by atoms with van der Waals surface area (Å²) in [6, 6.07) is 0. The lowest BCUT2D eigenvalue weighted by atomic mass is 10.1. The first-order valence-corrected chi connectivity index (χ1v) is 6.62. The van der Waals surface area contributed by atoms with Gasteiger partial charge >= 0.3 is 0 Å². The van der Waals surface area contributed by atoms with Crippen molar-refractivity contribution in [2.75, 3.05) is 0 Å². The van der Waals surface area contributed by atoms with Gasteiger partial charge in [0.05, 0.1) is 0 Å². The normalized spacial score (nSPS) is 19.2. The van der Waals surface area contributed by atoms with Crippen LogP contribution in [0.2, 0.25) is 0 Å². The van der Waals surface area contributed by atoms with Gasteiger partial charge in [0.1, 0.15) is 17.8 Å². The molecule has 0 aliphatic carbocycles. The van der Waals surface area contributed by atoms with Gasteiger partial charge in [-0.25, -0.2) is 15.8 Å². The molecule has 1 atom stereocenters. The lowest BCUT2D eigenvalue weighted by Gasteiger charge is -2.30. The Hall–Kier alpha value is -1.42. The molecule has 0 amide bonds. The van der Waals surface area contributed by atoms with Crippen LogP contribution in [0.25, 0.3) is 0 Å². The van der Waals surface area contributed by atoms with Crippen LogP contribution in [0, 0.1) is 0 Å². The number of hydrazine groups is 1. The van der Waals surface area contributed by atoms with Crippen LogP contribution in [-0.2, 0) is 0 Å². The molecule has 2 N–H and O–H groups in total. The minimum atomic E-state index is -0.0634. The van der Waals surface area contributed by atoms with Crippen molar-refractivity contribution in [3.8, 4) is 0 Å². The summed E-state index contributed by atoms with van der Waals surface area (Å²) < 4.78 is 0. The van der Waals surface area contributed by atoms with E-state index in [0.29, 0.717) is 6.42 Å². The van der Waals surface area contributed by atoms with Crippen LogP contribution >= 0.6 is 0 Å². The molecule has 1 heterocycles. The van der Waals surface area contributed by atoms with Crippen LogP contribution in [0.3, 0.4) is 0 Å². The zero-order chi connectivity index (χ0) is 13.4. The Morgan fingerprint density at radius 2 is 2.11 bits per heavy atom. The highest BCUT2D eigenvalue weighted by molar-refractivity contribution is 5.99. The van der Waals surface area contributed by atoms with Crippen LogP contribution < -0.4 is 5.84 Å². The number of aliphatic imine (C=N–C) groups is 2. The van der Waals surface area contributed by atoms with Crippen molar-refractivity contribution in [3.05, 3.63) is 25.3 Å². The largest absolute Gasteiger partial charge is 0.273 e. The predicted molar refractivity (Wildman–Crippen MR) is 78.5 cm³/mol. The smallest absolute Gasteiger partial charge is 0.141 e. The first-order valence-electron chi connectivity index (χ1n) is 6.62. The van der Waals surface area contributed by atoms with E-state index >= 15 is 0 Å². The fourth-order valence-electron chi connectivity index (χ4n) is 1.90. The second kappa shape index (κ2) is 7.82. The summed E-state index contributed by atoms with van der Waals surface area (Å²) in [5.41, 5.74) is 0. The molecule has 0 aromatic rings. The van der Waals surface area contributed by atoms with Crippen molar-refractivity contribution >= 4 is 11.7 Å². The van der Waals surface area contributed by atoms with Crippen LogP contribution in [0.5, 0.6) is 0 Å². The molecule has 1 aliphatic heterocycles. The van der Waals surface area contributed by atoms with E-state index in [0.717, 1.165) is 30.9 Å². The Kier molecular flexibility index (Phi) is 6.36. The summed E-state index contributed by atoms with van der Waals surface area (Å²) in [6.45, 7) is 9.67. The number of amidine groups is 2. The van der Waals surface area contributed by atoms with Crippen molar-refractivity contribution in [3.63, 3.8) is 0 Å². The summed E-state index contributed by atoms with van der Waals surface area (Å²) >= 11 is 0. The summed E-state index contributed by atoms with van der Waals surface area (Å²) in [5, 5.41) is 1.68. The maximum atomic E-state index is 6.07. The SMILES string of the molecule is C=CCC1=NC(CC=C)N(N)C(CCCCC)=N1. The molecule has 0 fully saturated rings. The first-order chi connectivity index (χ1) is 8.72. The monoisotopic (exact) mass is 248 g/mol. The van der Waals surface area contributed by atoms with E-state index in [9.17, 15) is 0 Å². The van der Waals surface area contributed by atoms with Gasteiger partial charge < -0.3 is 0 Å². The molecular formula is C14H24N4. The van der Waals surface area contributed by atoms with Gasteiger partial charge in [-0.3, -0.25) is 5.01 Å². The Balaban J connectivity index is 2.74. The average Bonchev–Trinajstić information content (AvgIpc) is 2.35. The molecule has 1 rings (SSSR count). The van der Waals surface area contributed by atoms with Gasteiger partial charge in [-0.2, -0.15) is 0 Å². The highest BCUT2D eigenvalue weighted by Gasteiger charge is 2.22. The minimum absolute atomic E-state index is 0.0634. The van der Waals surface area contributed by atoms with E-state index in [1.54, 1.807) is 5.01 Å². The molecule has 0 spiro atoms. The van der Waals surface area contributed by atoms with Crippen molar-refractivity contribution in [1.29, 1.82) is 0 Å². The lowest BCUT2D eigenvalue weighted by Crippen LogP contribution is -2.47. The first kappa shape index (κ1) is 14.6. The van der Waals surface area contributed by atoms with Gasteiger partial charge in [-0.15, -0.1) is 13.2 Å². The Morgan fingerprint density at radius 3 is 2.72 bits per heavy atom. The van der Waals surface area contributed by atoms with Crippen LogP contribution in [-0.4, -0.2) is 22.8 Å². The molecular weight excluding hydrogens is 224 g/mol. The van der Waals surface area contributed by atoms with E-state index in [1.807, 2.05) is 12.2 Å². The highest BCUT2D eigenvalue weighted by atomic mass is 15.5. The van der Waals surface area contributed by atoms with E-state index in [4.69, 9.17) is 5.84 Å². The number of unbranched alkanes of at least 4 members (excludes halogenated alkanes) is 2. The zero-order valence-electron chi connectivity index (χ0n) is 11.3. The standard InChI is InChI=1S/C14H24N4/c1-4-7-8-11-14-17-12(9-5-2)16-13(10-6-3)18(14)15/h5-6,13H,2-4,7-11,15H2,1H3. The molecule has 0 radical (unpaired) electrons. The number of hydrogen-bond acceptors (Lipinski definition) is 4. The number of nitrogens with zero attached hydrogens (tertiary/aromatic N) is 3. The van der Waals surface area contributed by atoms with Crippen molar-refractivity contribution in [2.24, 2.45) is 15.8 Å². The van der Waals surface area contributed by atoms with E-state index in [1.165, 1.54) is 12.8 Å². The van der Waals surface area contributed by atoms with Gasteiger partial charge in [0, 0.05) is 19.3 Å². The third kappa shape index (κ3) is 4.11. The lowest BCUT2D eigenvalue weighted by molar-refractivity contribution is 0.318. The molecule has 0 saturated heterocycles. The number of nitrogens with two attached hydrogens (primary N) is 1. The summed E-state index contributed by atoms with van der Waals surface area (Å²) in [5.74, 6) is 7.83. The second-order valence-electron chi connectivity index (χ2n) is 4.44. The van der Waals surface area contributed by atoms with Gasteiger partial charge in [0.15, 0.2) is 0 Å². The fourth-order valence-corrected chi connectivity index (χ4v) is 1.90. The van der Waals surface area contributed by atoms with E-state index < -0.39 is 0 Å². The molecule has 0 saturated carbocycles. The quantitative estimate of drug-likeness (QED) is 0.408. The third-order valence-electron chi connectivity index (χ3n) is 2.88. The van der Waals surface area contributed by atoms with Crippen LogP contribution in [0.15, 0.2) is 35.3 Å². The van der Waals surface area contributed by atoms with Crippen molar-refractivity contribution in [2.45, 2.75) is 51.6 Å². The third-order valence-corrected chi connectivity index (χ3v) is 2.88. The number of rotatable bonds is 8. The molecule has 4 nitrogen and oxygen atoms in total. The maximum Gasteiger partial charge on any atom is 0.141 e. The Labute approximate surface area is 110 Å². The molecule has 0 aromatic carbocycles.